The van der Waals surface area contributed by atoms with E-state index in [1.54, 1.807) is 30.3 Å². The Morgan fingerprint density at radius 2 is 1.74 bits per heavy atom. The number of carboxylic acids is 1. The summed E-state index contributed by atoms with van der Waals surface area (Å²) < 4.78 is 27.3. The van der Waals surface area contributed by atoms with Crippen LogP contribution >= 0.6 is 15.9 Å². The lowest BCUT2D eigenvalue weighted by Crippen LogP contribution is -2.28. The number of hydrogen-bond donors (Lipinski definition) is 0. The van der Waals surface area contributed by atoms with Crippen LogP contribution in [0.1, 0.15) is 16.1 Å². The van der Waals surface area contributed by atoms with Crippen molar-refractivity contribution < 1.29 is 18.3 Å². The Bertz CT molecular complexity index is 1020. The largest absolute Gasteiger partial charge is 0.543 e. The van der Waals surface area contributed by atoms with Crippen molar-refractivity contribution in [3.8, 4) is 0 Å². The molecule has 0 fully saturated rings. The molecular formula is C16H11BrNO4S-. The second-order valence-corrected chi connectivity index (χ2v) is 7.81. The molecule has 0 N–H and O–H groups in total. The maximum atomic E-state index is 12.9. The fourth-order valence-electron chi connectivity index (χ4n) is 2.38. The van der Waals surface area contributed by atoms with Crippen LogP contribution in [0.4, 0.5) is 0 Å². The lowest BCUT2D eigenvalue weighted by molar-refractivity contribution is -0.255. The van der Waals surface area contributed by atoms with Crippen molar-refractivity contribution in [1.29, 1.82) is 0 Å². The normalized spacial score (nSPS) is 11.7. The molecule has 118 valence electrons. The van der Waals surface area contributed by atoms with E-state index in [1.807, 2.05) is 6.92 Å². The molecule has 0 radical (unpaired) electrons. The minimum Gasteiger partial charge on any atom is -0.543 e. The highest BCUT2D eigenvalue weighted by atomic mass is 79.9. The first-order valence-electron chi connectivity index (χ1n) is 6.65. The highest BCUT2D eigenvalue weighted by Crippen LogP contribution is 2.28. The van der Waals surface area contributed by atoms with Gasteiger partial charge < -0.3 is 9.90 Å². The lowest BCUT2D eigenvalue weighted by Gasteiger charge is -2.12. The Labute approximate surface area is 141 Å². The van der Waals surface area contributed by atoms with Gasteiger partial charge in [0.15, 0.2) is 0 Å². The van der Waals surface area contributed by atoms with Gasteiger partial charge in [0.25, 0.3) is 10.0 Å². The second-order valence-electron chi connectivity index (χ2n) is 5.10. The molecule has 0 spiro atoms. The molecule has 3 aromatic rings. The zero-order valence-electron chi connectivity index (χ0n) is 12.0. The molecule has 0 saturated heterocycles. The van der Waals surface area contributed by atoms with Crippen LogP contribution in [0.2, 0.25) is 0 Å². The number of hydrogen-bond acceptors (Lipinski definition) is 4. The summed E-state index contributed by atoms with van der Waals surface area (Å²) in [7, 11) is -4.05. The van der Waals surface area contributed by atoms with E-state index < -0.39 is 21.7 Å². The van der Waals surface area contributed by atoms with Crippen molar-refractivity contribution in [2.45, 2.75) is 11.8 Å². The smallest absolute Gasteiger partial charge is 0.268 e. The van der Waals surface area contributed by atoms with Crippen LogP contribution in [-0.2, 0) is 10.0 Å². The number of carboxylic acid groups (broad SMARTS) is 1. The van der Waals surface area contributed by atoms with Crippen LogP contribution in [0.15, 0.2) is 57.9 Å². The minimum absolute atomic E-state index is 0.0195. The van der Waals surface area contributed by atoms with Crippen molar-refractivity contribution in [2.24, 2.45) is 0 Å². The number of carbonyl (C=O) groups is 1. The average molecular weight is 393 g/mol. The van der Waals surface area contributed by atoms with Crippen molar-refractivity contribution in [1.82, 2.24) is 3.97 Å². The van der Waals surface area contributed by atoms with E-state index in [9.17, 15) is 18.3 Å². The number of rotatable bonds is 3. The van der Waals surface area contributed by atoms with Crippen LogP contribution in [0.3, 0.4) is 0 Å². The van der Waals surface area contributed by atoms with Gasteiger partial charge in [-0.15, -0.1) is 0 Å². The zero-order chi connectivity index (χ0) is 16.8. The molecule has 23 heavy (non-hydrogen) atoms. The third kappa shape index (κ3) is 2.66. The van der Waals surface area contributed by atoms with E-state index in [0.29, 0.717) is 5.39 Å². The molecule has 0 atom stereocenters. The average Bonchev–Trinajstić information content (AvgIpc) is 2.87. The third-order valence-corrected chi connectivity index (χ3v) is 5.72. The van der Waals surface area contributed by atoms with Gasteiger partial charge in [-0.3, -0.25) is 0 Å². The van der Waals surface area contributed by atoms with E-state index in [-0.39, 0.29) is 10.4 Å². The van der Waals surface area contributed by atoms with Gasteiger partial charge in [0.05, 0.1) is 22.1 Å². The first-order chi connectivity index (χ1) is 10.8. The van der Waals surface area contributed by atoms with E-state index in [4.69, 9.17) is 0 Å². The predicted molar refractivity (Wildman–Crippen MR) is 87.7 cm³/mol. The van der Waals surface area contributed by atoms with Crippen molar-refractivity contribution in [2.75, 3.05) is 0 Å². The first-order valence-corrected chi connectivity index (χ1v) is 8.88. The van der Waals surface area contributed by atoms with Gasteiger partial charge in [-0.05, 0) is 43.3 Å². The SMILES string of the molecule is Cc1ccc(S(=O)(=O)n2c(C(=O)[O-])cc3cc(Br)ccc32)cc1. The maximum absolute atomic E-state index is 12.9. The summed E-state index contributed by atoms with van der Waals surface area (Å²) in [4.78, 5) is 11.4. The number of aromatic nitrogens is 1. The van der Waals surface area contributed by atoms with Gasteiger partial charge in [-0.2, -0.15) is 0 Å². The summed E-state index contributed by atoms with van der Waals surface area (Å²) >= 11 is 3.28. The van der Waals surface area contributed by atoms with E-state index in [2.05, 4.69) is 15.9 Å². The van der Waals surface area contributed by atoms with E-state index in [0.717, 1.165) is 14.0 Å². The molecule has 5 nitrogen and oxygen atoms in total. The molecule has 0 saturated carbocycles. The lowest BCUT2D eigenvalue weighted by atomic mass is 10.2. The number of benzene rings is 2. The van der Waals surface area contributed by atoms with Gasteiger partial charge in [0.2, 0.25) is 0 Å². The van der Waals surface area contributed by atoms with Crippen LogP contribution in [0.25, 0.3) is 10.9 Å². The number of nitrogens with zero attached hydrogens (tertiary/aromatic N) is 1. The van der Waals surface area contributed by atoms with Crippen molar-refractivity contribution >= 4 is 42.8 Å². The highest BCUT2D eigenvalue weighted by Gasteiger charge is 2.23. The second kappa shape index (κ2) is 5.50. The molecule has 0 aliphatic carbocycles. The molecule has 3 rings (SSSR count). The van der Waals surface area contributed by atoms with Gasteiger partial charge in [-0.25, -0.2) is 12.4 Å². The van der Waals surface area contributed by atoms with Crippen LogP contribution in [0.5, 0.6) is 0 Å². The molecule has 0 amide bonds. The minimum atomic E-state index is -4.05. The number of fused-ring (bicyclic) bond motifs is 1. The Hall–Kier alpha value is -2.12. The topological polar surface area (TPSA) is 79.2 Å². The predicted octanol–water partition coefficient (Wildman–Crippen LogP) is 2.31. The Morgan fingerprint density at radius 3 is 2.35 bits per heavy atom. The summed E-state index contributed by atoms with van der Waals surface area (Å²) in [6.07, 6.45) is 0. The fraction of sp³-hybridized carbons (Fsp3) is 0.0625. The zero-order valence-corrected chi connectivity index (χ0v) is 14.4. The van der Waals surface area contributed by atoms with Crippen LogP contribution < -0.4 is 5.11 Å². The highest BCUT2D eigenvalue weighted by molar-refractivity contribution is 9.10. The molecule has 2 aromatic carbocycles. The number of aryl methyl sites for hydroxylation is 1. The van der Waals surface area contributed by atoms with E-state index in [1.165, 1.54) is 18.2 Å². The summed E-state index contributed by atoms with van der Waals surface area (Å²) in [6, 6.07) is 12.4. The van der Waals surface area contributed by atoms with Crippen molar-refractivity contribution in [3.63, 3.8) is 0 Å². The number of carbonyl (C=O) groups excluding carboxylic acids is 1. The Kier molecular flexibility index (Phi) is 3.77. The Morgan fingerprint density at radius 1 is 1.09 bits per heavy atom. The van der Waals surface area contributed by atoms with Gasteiger partial charge in [-0.1, -0.05) is 33.6 Å². The summed E-state index contributed by atoms with van der Waals surface area (Å²) in [5.74, 6) is -1.55. The van der Waals surface area contributed by atoms with Crippen molar-refractivity contribution in [3.05, 3.63) is 64.3 Å². The third-order valence-electron chi connectivity index (χ3n) is 3.49. The standard InChI is InChI=1S/C16H12BrNO4S/c1-10-2-5-13(6-3-10)23(21,22)18-14-7-4-12(17)8-11(14)9-15(18)16(19)20/h2-9H,1H3,(H,19,20)/p-1. The Balaban J connectivity index is 2.35. The summed E-state index contributed by atoms with van der Waals surface area (Å²) in [5.41, 5.74) is 0.789. The molecule has 0 unspecified atom stereocenters. The quantitative estimate of drug-likeness (QED) is 0.684. The molecule has 7 heteroatoms. The fourth-order valence-corrected chi connectivity index (χ4v) is 4.26. The molecule has 1 aromatic heterocycles. The summed E-state index contributed by atoms with van der Waals surface area (Å²) in [6.45, 7) is 1.84. The van der Waals surface area contributed by atoms with Crippen LogP contribution in [0, 0.1) is 6.92 Å². The number of halogens is 1. The van der Waals surface area contributed by atoms with Gasteiger partial charge in [0.1, 0.15) is 0 Å². The molecule has 0 aliphatic heterocycles. The van der Waals surface area contributed by atoms with Gasteiger partial charge >= 0.3 is 0 Å². The monoisotopic (exact) mass is 392 g/mol. The van der Waals surface area contributed by atoms with Gasteiger partial charge in [0, 0.05) is 9.86 Å². The molecular weight excluding hydrogens is 382 g/mol. The van der Waals surface area contributed by atoms with Crippen LogP contribution in [-0.4, -0.2) is 18.4 Å². The summed E-state index contributed by atoms with van der Waals surface area (Å²) in [5, 5.41) is 11.9. The molecule has 0 aliphatic rings. The number of aromatic carboxylic acids is 1. The van der Waals surface area contributed by atoms with E-state index >= 15 is 0 Å². The molecule has 0 bridgehead atoms. The molecule has 1 heterocycles. The maximum Gasteiger partial charge on any atom is 0.268 e. The first kappa shape index (κ1) is 15.8.